The van der Waals surface area contributed by atoms with Crippen LogP contribution in [0.25, 0.3) is 0 Å². The number of rotatable bonds is 6. The highest BCUT2D eigenvalue weighted by atomic mass is 15.1. The van der Waals surface area contributed by atoms with E-state index in [0.29, 0.717) is 5.41 Å². The summed E-state index contributed by atoms with van der Waals surface area (Å²) in [5.41, 5.74) is 3.43. The summed E-state index contributed by atoms with van der Waals surface area (Å²) in [6.07, 6.45) is 6.92. The van der Waals surface area contributed by atoms with Crippen LogP contribution in [0, 0.1) is 6.92 Å². The topological polar surface area (TPSA) is 3.24 Å². The van der Waals surface area contributed by atoms with Crippen molar-refractivity contribution in [3.8, 4) is 0 Å². The molecule has 1 aromatic carbocycles. The molecule has 1 aliphatic carbocycles. The van der Waals surface area contributed by atoms with Crippen molar-refractivity contribution in [2.24, 2.45) is 0 Å². The van der Waals surface area contributed by atoms with Gasteiger partial charge in [-0.2, -0.15) is 0 Å². The minimum Gasteiger partial charge on any atom is -0.304 e. The van der Waals surface area contributed by atoms with E-state index in [9.17, 15) is 0 Å². The Kier molecular flexibility index (Phi) is 6.75. The van der Waals surface area contributed by atoms with Crippen LogP contribution in [0.2, 0.25) is 0 Å². The second-order valence-corrected chi connectivity index (χ2v) is 6.13. The Morgan fingerprint density at radius 3 is 2.05 bits per heavy atom. The highest BCUT2D eigenvalue weighted by Gasteiger charge is 2.35. The Labute approximate surface area is 126 Å². The van der Waals surface area contributed by atoms with E-state index in [1.54, 1.807) is 5.56 Å². The molecule has 0 atom stereocenters. The van der Waals surface area contributed by atoms with Crippen LogP contribution >= 0.6 is 0 Å². The summed E-state index contributed by atoms with van der Waals surface area (Å²) in [5.74, 6) is 0. The maximum absolute atomic E-state index is 2.56. The van der Waals surface area contributed by atoms with Gasteiger partial charge >= 0.3 is 0 Å². The predicted octanol–water partition coefficient (Wildman–Crippen LogP) is 5.17. The third kappa shape index (κ3) is 3.85. The van der Waals surface area contributed by atoms with E-state index >= 15 is 0 Å². The summed E-state index contributed by atoms with van der Waals surface area (Å²) >= 11 is 0. The summed E-state index contributed by atoms with van der Waals surface area (Å²) in [6.45, 7) is 10.3. The lowest BCUT2D eigenvalue weighted by Crippen LogP contribution is -2.31. The smallest absolute Gasteiger partial charge is 0.00105 e. The molecule has 0 bridgehead atoms. The van der Waals surface area contributed by atoms with Crippen molar-refractivity contribution in [2.45, 2.75) is 65.7 Å². The van der Waals surface area contributed by atoms with E-state index in [1.807, 2.05) is 0 Å². The fourth-order valence-corrected chi connectivity index (χ4v) is 3.55. The fourth-order valence-electron chi connectivity index (χ4n) is 3.55. The lowest BCUT2D eigenvalue weighted by Gasteiger charge is -2.32. The minimum absolute atomic E-state index is 0. The van der Waals surface area contributed by atoms with Gasteiger partial charge < -0.3 is 4.90 Å². The normalized spacial score (nSPS) is 17.2. The van der Waals surface area contributed by atoms with Gasteiger partial charge in [0.1, 0.15) is 0 Å². The Morgan fingerprint density at radius 1 is 1.00 bits per heavy atom. The van der Waals surface area contributed by atoms with Gasteiger partial charge in [0.15, 0.2) is 0 Å². The van der Waals surface area contributed by atoms with Crippen molar-refractivity contribution >= 4 is 0 Å². The molecule has 1 aliphatic rings. The molecule has 0 aromatic heterocycles. The second-order valence-electron chi connectivity index (χ2n) is 6.13. The van der Waals surface area contributed by atoms with E-state index in [-0.39, 0.29) is 7.43 Å². The van der Waals surface area contributed by atoms with Crippen molar-refractivity contribution < 1.29 is 0 Å². The number of hydrogen-bond donors (Lipinski definition) is 0. The first kappa shape index (κ1) is 17.2. The van der Waals surface area contributed by atoms with E-state index in [0.717, 1.165) is 0 Å². The predicted molar refractivity (Wildman–Crippen MR) is 90.5 cm³/mol. The first-order valence-corrected chi connectivity index (χ1v) is 7.99. The van der Waals surface area contributed by atoms with Gasteiger partial charge in [-0.1, -0.05) is 63.9 Å². The van der Waals surface area contributed by atoms with Crippen LogP contribution in [-0.4, -0.2) is 24.5 Å². The highest BCUT2D eigenvalue weighted by Crippen LogP contribution is 2.43. The molecule has 0 radical (unpaired) electrons. The van der Waals surface area contributed by atoms with E-state index in [1.165, 1.54) is 57.3 Å². The highest BCUT2D eigenvalue weighted by molar-refractivity contribution is 5.29. The second kappa shape index (κ2) is 7.83. The standard InChI is InChI=1S/C18H29N.CH4/c1-4-19(5-2)15-14-18(12-6-7-13-18)17-10-8-16(3)9-11-17;/h8-11H,4-7,12-15H2,1-3H3;1H4. The molecule has 1 heteroatoms. The molecule has 1 fully saturated rings. The van der Waals surface area contributed by atoms with Crippen LogP contribution in [0.3, 0.4) is 0 Å². The fraction of sp³-hybridized carbons (Fsp3) is 0.684. The van der Waals surface area contributed by atoms with Crippen molar-refractivity contribution in [2.75, 3.05) is 19.6 Å². The van der Waals surface area contributed by atoms with Crippen LogP contribution in [0.15, 0.2) is 24.3 Å². The molecule has 0 N–H and O–H groups in total. The first-order chi connectivity index (χ1) is 9.20. The third-order valence-electron chi connectivity index (χ3n) is 5.03. The molecule has 0 heterocycles. The Bertz CT molecular complexity index is 369. The average Bonchev–Trinajstić information content (AvgIpc) is 2.91. The van der Waals surface area contributed by atoms with Gasteiger partial charge in [0.2, 0.25) is 0 Å². The van der Waals surface area contributed by atoms with E-state index in [4.69, 9.17) is 0 Å². The zero-order chi connectivity index (χ0) is 13.7. The molecule has 0 saturated heterocycles. The van der Waals surface area contributed by atoms with Crippen LogP contribution in [0.4, 0.5) is 0 Å². The molecular weight excluding hydrogens is 242 g/mol. The van der Waals surface area contributed by atoms with Crippen molar-refractivity contribution in [1.29, 1.82) is 0 Å². The summed E-state index contributed by atoms with van der Waals surface area (Å²) in [6, 6.07) is 9.32. The molecule has 114 valence electrons. The molecule has 0 unspecified atom stereocenters. The van der Waals surface area contributed by atoms with Gasteiger partial charge in [-0.25, -0.2) is 0 Å². The molecule has 0 spiro atoms. The van der Waals surface area contributed by atoms with Gasteiger partial charge in [-0.3, -0.25) is 0 Å². The number of hydrogen-bond acceptors (Lipinski definition) is 1. The van der Waals surface area contributed by atoms with Crippen molar-refractivity contribution in [3.05, 3.63) is 35.4 Å². The average molecular weight is 275 g/mol. The SMILES string of the molecule is C.CCN(CC)CCC1(c2ccc(C)cc2)CCCC1. The maximum Gasteiger partial charge on any atom is -0.00105 e. The first-order valence-electron chi connectivity index (χ1n) is 7.99. The number of aryl methyl sites for hydroxylation is 1. The molecule has 0 amide bonds. The largest absolute Gasteiger partial charge is 0.304 e. The molecule has 1 aromatic rings. The monoisotopic (exact) mass is 275 g/mol. The third-order valence-corrected chi connectivity index (χ3v) is 5.03. The lowest BCUT2D eigenvalue weighted by molar-refractivity contribution is 0.257. The van der Waals surface area contributed by atoms with Crippen LogP contribution in [-0.2, 0) is 5.41 Å². The Morgan fingerprint density at radius 2 is 1.55 bits per heavy atom. The van der Waals surface area contributed by atoms with Crippen LogP contribution < -0.4 is 0 Å². The summed E-state index contributed by atoms with van der Waals surface area (Å²) in [5, 5.41) is 0. The van der Waals surface area contributed by atoms with E-state index < -0.39 is 0 Å². The van der Waals surface area contributed by atoms with Gasteiger partial charge in [-0.15, -0.1) is 0 Å². The van der Waals surface area contributed by atoms with Crippen molar-refractivity contribution in [1.82, 2.24) is 4.90 Å². The molecule has 0 aliphatic heterocycles. The Balaban J connectivity index is 0.00000200. The van der Waals surface area contributed by atoms with Gasteiger partial charge in [0, 0.05) is 0 Å². The summed E-state index contributed by atoms with van der Waals surface area (Å²) in [7, 11) is 0. The van der Waals surface area contributed by atoms with Crippen LogP contribution in [0.5, 0.6) is 0 Å². The van der Waals surface area contributed by atoms with Gasteiger partial charge in [-0.05, 0) is 56.8 Å². The number of benzene rings is 1. The molecular formula is C19H33N. The quantitative estimate of drug-likeness (QED) is 0.692. The molecule has 20 heavy (non-hydrogen) atoms. The molecule has 1 nitrogen and oxygen atoms in total. The zero-order valence-corrected chi connectivity index (χ0v) is 12.9. The summed E-state index contributed by atoms with van der Waals surface area (Å²) < 4.78 is 0. The molecule has 2 rings (SSSR count). The zero-order valence-electron chi connectivity index (χ0n) is 12.9. The Hall–Kier alpha value is -0.820. The number of nitrogens with zero attached hydrogens (tertiary/aromatic N) is 1. The maximum atomic E-state index is 2.56. The lowest BCUT2D eigenvalue weighted by atomic mass is 9.76. The summed E-state index contributed by atoms with van der Waals surface area (Å²) in [4.78, 5) is 2.56. The minimum atomic E-state index is 0. The van der Waals surface area contributed by atoms with E-state index in [2.05, 4.69) is 49.9 Å². The van der Waals surface area contributed by atoms with Crippen molar-refractivity contribution in [3.63, 3.8) is 0 Å². The van der Waals surface area contributed by atoms with Crippen LogP contribution in [0.1, 0.15) is 64.5 Å². The molecule has 1 saturated carbocycles. The van der Waals surface area contributed by atoms with Gasteiger partial charge in [0.05, 0.1) is 0 Å². The van der Waals surface area contributed by atoms with Gasteiger partial charge in [0.25, 0.3) is 0 Å².